The highest BCUT2D eigenvalue weighted by Gasteiger charge is 2.26. The molecule has 0 saturated carbocycles. The van der Waals surface area contributed by atoms with E-state index < -0.39 is 0 Å². The van der Waals surface area contributed by atoms with Gasteiger partial charge >= 0.3 is 0 Å². The van der Waals surface area contributed by atoms with Crippen molar-refractivity contribution in [1.82, 2.24) is 10.1 Å². The van der Waals surface area contributed by atoms with Crippen LogP contribution >= 0.6 is 0 Å². The molecule has 2 aromatic rings. The summed E-state index contributed by atoms with van der Waals surface area (Å²) in [5.74, 6) is 1.37. The average Bonchev–Trinajstić information content (AvgIpc) is 3.03. The van der Waals surface area contributed by atoms with E-state index in [4.69, 9.17) is 19.7 Å². The molecule has 1 aliphatic heterocycles. The van der Waals surface area contributed by atoms with Crippen LogP contribution in [-0.2, 0) is 11.3 Å². The Kier molecular flexibility index (Phi) is 4.65. The number of halogens is 1. The Hall–Kier alpha value is -1.99. The predicted molar refractivity (Wildman–Crippen MR) is 75.5 cm³/mol. The zero-order valence-electron chi connectivity index (χ0n) is 12.1. The molecule has 0 unspecified atom stereocenters. The fourth-order valence-electron chi connectivity index (χ4n) is 2.42. The van der Waals surface area contributed by atoms with Crippen LogP contribution in [0.25, 0.3) is 0 Å². The number of hydrogen-bond acceptors (Lipinski definition) is 6. The van der Waals surface area contributed by atoms with Crippen LogP contribution in [0.2, 0.25) is 0 Å². The number of rotatable bonds is 5. The van der Waals surface area contributed by atoms with Gasteiger partial charge in [0.15, 0.2) is 6.61 Å². The Morgan fingerprint density at radius 2 is 2.00 bits per heavy atom. The van der Waals surface area contributed by atoms with Crippen molar-refractivity contribution in [1.29, 1.82) is 0 Å². The van der Waals surface area contributed by atoms with Gasteiger partial charge < -0.3 is 19.7 Å². The molecule has 6 nitrogen and oxygen atoms in total. The number of nitrogens with zero attached hydrogens (tertiary/aromatic N) is 2. The summed E-state index contributed by atoms with van der Waals surface area (Å²) in [4.78, 5) is 4.28. The summed E-state index contributed by atoms with van der Waals surface area (Å²) >= 11 is 0. The van der Waals surface area contributed by atoms with Gasteiger partial charge in [-0.15, -0.1) is 0 Å². The van der Waals surface area contributed by atoms with E-state index in [-0.39, 0.29) is 18.5 Å². The second-order valence-corrected chi connectivity index (χ2v) is 5.27. The third kappa shape index (κ3) is 3.61. The molecular weight excluding hydrogens is 289 g/mol. The van der Waals surface area contributed by atoms with Crippen molar-refractivity contribution >= 4 is 0 Å². The molecule has 0 amide bonds. The normalized spacial score (nSPS) is 17.4. The minimum Gasteiger partial charge on any atom is -0.485 e. The lowest BCUT2D eigenvalue weighted by Crippen LogP contribution is -2.27. The van der Waals surface area contributed by atoms with E-state index in [2.05, 4.69) is 10.1 Å². The molecule has 0 spiro atoms. The van der Waals surface area contributed by atoms with Gasteiger partial charge in [-0.2, -0.15) is 4.98 Å². The van der Waals surface area contributed by atoms with E-state index in [9.17, 15) is 4.39 Å². The number of nitrogens with two attached hydrogens (primary N) is 1. The van der Waals surface area contributed by atoms with E-state index in [1.165, 1.54) is 12.1 Å². The van der Waals surface area contributed by atoms with E-state index >= 15 is 0 Å². The van der Waals surface area contributed by atoms with Crippen LogP contribution in [-0.4, -0.2) is 23.4 Å². The number of aromatic nitrogens is 2. The Morgan fingerprint density at radius 1 is 1.27 bits per heavy atom. The van der Waals surface area contributed by atoms with Crippen molar-refractivity contribution < 1.29 is 18.4 Å². The minimum absolute atomic E-state index is 0.148. The first-order valence-corrected chi connectivity index (χ1v) is 7.26. The lowest BCUT2D eigenvalue weighted by Gasteiger charge is -2.25. The number of ether oxygens (including phenoxy) is 2. The first-order valence-electron chi connectivity index (χ1n) is 7.26. The zero-order valence-corrected chi connectivity index (χ0v) is 12.1. The largest absolute Gasteiger partial charge is 0.485 e. The lowest BCUT2D eigenvalue weighted by atomic mass is 9.92. The summed E-state index contributed by atoms with van der Waals surface area (Å²) in [6.45, 7) is 1.58. The monoisotopic (exact) mass is 307 g/mol. The fraction of sp³-hybridized carbons (Fsp3) is 0.467. The fourth-order valence-corrected chi connectivity index (χ4v) is 2.42. The van der Waals surface area contributed by atoms with Crippen molar-refractivity contribution in [2.45, 2.75) is 25.5 Å². The van der Waals surface area contributed by atoms with Crippen LogP contribution in [0.5, 0.6) is 5.75 Å². The molecule has 1 aromatic carbocycles. The SMILES string of the molecule is N[C@H](c1nc(COc2ccc(F)cc2)no1)C1CCOCC1. The summed E-state index contributed by atoms with van der Waals surface area (Å²) in [5, 5.41) is 3.87. The first-order chi connectivity index (χ1) is 10.7. The Bertz CT molecular complexity index is 596. The van der Waals surface area contributed by atoms with Gasteiger partial charge in [0.25, 0.3) is 0 Å². The van der Waals surface area contributed by atoms with Gasteiger partial charge in [0, 0.05) is 13.2 Å². The van der Waals surface area contributed by atoms with Gasteiger partial charge in [0.1, 0.15) is 11.6 Å². The first kappa shape index (κ1) is 14.9. The number of hydrogen-bond donors (Lipinski definition) is 1. The highest BCUT2D eigenvalue weighted by atomic mass is 19.1. The Balaban J connectivity index is 1.57. The van der Waals surface area contributed by atoms with Crippen LogP contribution in [0.4, 0.5) is 4.39 Å². The maximum atomic E-state index is 12.8. The van der Waals surface area contributed by atoms with Crippen LogP contribution in [0.3, 0.4) is 0 Å². The molecule has 118 valence electrons. The maximum Gasteiger partial charge on any atom is 0.243 e. The standard InChI is InChI=1S/C15H18FN3O3/c16-11-1-3-12(4-2-11)21-9-13-18-15(22-19-13)14(17)10-5-7-20-8-6-10/h1-4,10,14H,5-9,17H2/t14-/m0/s1. The molecule has 1 aromatic heterocycles. The third-order valence-corrected chi connectivity index (χ3v) is 3.72. The molecule has 0 aliphatic carbocycles. The second kappa shape index (κ2) is 6.85. The molecule has 1 fully saturated rings. The quantitative estimate of drug-likeness (QED) is 0.912. The molecule has 2 N–H and O–H groups in total. The predicted octanol–water partition coefficient (Wildman–Crippen LogP) is 2.21. The molecule has 1 aliphatic rings. The van der Waals surface area contributed by atoms with E-state index in [1.807, 2.05) is 0 Å². The highest BCUT2D eigenvalue weighted by Crippen LogP contribution is 2.27. The van der Waals surface area contributed by atoms with Gasteiger partial charge in [0.05, 0.1) is 6.04 Å². The summed E-state index contributed by atoms with van der Waals surface area (Å²) in [6.07, 6.45) is 1.79. The van der Waals surface area contributed by atoms with E-state index in [0.29, 0.717) is 36.6 Å². The summed E-state index contributed by atoms with van der Waals surface area (Å²) in [6, 6.07) is 5.47. The second-order valence-electron chi connectivity index (χ2n) is 5.27. The van der Waals surface area contributed by atoms with Crippen molar-refractivity contribution in [2.24, 2.45) is 11.7 Å². The molecule has 22 heavy (non-hydrogen) atoms. The molecule has 1 atom stereocenters. The average molecular weight is 307 g/mol. The molecule has 1 saturated heterocycles. The number of benzene rings is 1. The maximum absolute atomic E-state index is 12.8. The summed E-state index contributed by atoms with van der Waals surface area (Å²) in [5.41, 5.74) is 6.17. The van der Waals surface area contributed by atoms with Crippen LogP contribution < -0.4 is 10.5 Å². The Morgan fingerprint density at radius 3 is 2.73 bits per heavy atom. The van der Waals surface area contributed by atoms with Gasteiger partial charge in [-0.1, -0.05) is 5.16 Å². The van der Waals surface area contributed by atoms with Crippen LogP contribution in [0.1, 0.15) is 30.6 Å². The summed E-state index contributed by atoms with van der Waals surface area (Å²) in [7, 11) is 0. The summed E-state index contributed by atoms with van der Waals surface area (Å²) < 4.78 is 28.8. The Labute approximate surface area is 127 Å². The topological polar surface area (TPSA) is 83.4 Å². The van der Waals surface area contributed by atoms with Crippen LogP contribution in [0, 0.1) is 11.7 Å². The van der Waals surface area contributed by atoms with Crippen molar-refractivity contribution in [3.8, 4) is 5.75 Å². The highest BCUT2D eigenvalue weighted by molar-refractivity contribution is 5.22. The van der Waals surface area contributed by atoms with Crippen LogP contribution in [0.15, 0.2) is 28.8 Å². The molecule has 7 heteroatoms. The van der Waals surface area contributed by atoms with Gasteiger partial charge in [-0.3, -0.25) is 0 Å². The molecule has 0 bridgehead atoms. The molecule has 3 rings (SSSR count). The van der Waals surface area contributed by atoms with Gasteiger partial charge in [-0.05, 0) is 43.0 Å². The third-order valence-electron chi connectivity index (χ3n) is 3.72. The molecular formula is C15H18FN3O3. The smallest absolute Gasteiger partial charge is 0.243 e. The zero-order chi connectivity index (χ0) is 15.4. The molecule has 0 radical (unpaired) electrons. The lowest BCUT2D eigenvalue weighted by molar-refractivity contribution is 0.0546. The van der Waals surface area contributed by atoms with E-state index in [0.717, 1.165) is 12.8 Å². The molecule has 2 heterocycles. The van der Waals surface area contributed by atoms with Crippen molar-refractivity contribution in [2.75, 3.05) is 13.2 Å². The van der Waals surface area contributed by atoms with Crippen molar-refractivity contribution in [3.63, 3.8) is 0 Å². The minimum atomic E-state index is -0.309. The van der Waals surface area contributed by atoms with Crippen molar-refractivity contribution in [3.05, 3.63) is 41.8 Å². The van der Waals surface area contributed by atoms with E-state index in [1.54, 1.807) is 12.1 Å². The van der Waals surface area contributed by atoms with Gasteiger partial charge in [0.2, 0.25) is 11.7 Å². The van der Waals surface area contributed by atoms with Gasteiger partial charge in [-0.25, -0.2) is 4.39 Å².